The lowest BCUT2D eigenvalue weighted by atomic mass is 9.94. The van der Waals surface area contributed by atoms with Crippen LogP contribution in [0.15, 0.2) is 24.3 Å². The van der Waals surface area contributed by atoms with Crippen LogP contribution >= 0.6 is 0 Å². The fourth-order valence-corrected chi connectivity index (χ4v) is 2.98. The van der Waals surface area contributed by atoms with Crippen LogP contribution < -0.4 is 15.4 Å². The molecule has 2 aliphatic rings. The second kappa shape index (κ2) is 7.12. The minimum Gasteiger partial charge on any atom is -0.435 e. The summed E-state index contributed by atoms with van der Waals surface area (Å²) in [6.45, 7) is -1.81. The largest absolute Gasteiger partial charge is 0.435 e. The number of piperazine rings is 1. The fraction of sp³-hybridized carbons (Fsp3) is 0.500. The number of hydrogen-bond acceptors (Lipinski definition) is 4. The average Bonchev–Trinajstić information content (AvgIpc) is 3.06. The molecule has 1 aromatic rings. The molecule has 2 amide bonds. The first-order valence-electron chi connectivity index (χ1n) is 7.75. The third-order valence-electron chi connectivity index (χ3n) is 4.24. The second-order valence-electron chi connectivity index (χ2n) is 5.90. The topological polar surface area (TPSA) is 76.7 Å². The minimum absolute atomic E-state index is 0.000629. The van der Waals surface area contributed by atoms with Crippen LogP contribution in [-0.2, 0) is 20.7 Å². The zero-order valence-electron chi connectivity index (χ0n) is 12.8. The van der Waals surface area contributed by atoms with Crippen molar-refractivity contribution < 1.29 is 27.8 Å². The van der Waals surface area contributed by atoms with Crippen LogP contribution in [0.5, 0.6) is 5.75 Å². The predicted molar refractivity (Wildman–Crippen MR) is 79.6 cm³/mol. The van der Waals surface area contributed by atoms with Crippen molar-refractivity contribution in [1.82, 2.24) is 10.6 Å². The first-order chi connectivity index (χ1) is 11.5. The summed E-state index contributed by atoms with van der Waals surface area (Å²) in [5, 5.41) is 5.49. The summed E-state index contributed by atoms with van der Waals surface area (Å²) >= 11 is 0. The fourth-order valence-electron chi connectivity index (χ4n) is 2.98. The van der Waals surface area contributed by atoms with Crippen LogP contribution in [0.4, 0.5) is 8.78 Å². The molecule has 2 heterocycles. The smallest absolute Gasteiger partial charge is 0.387 e. The van der Waals surface area contributed by atoms with Gasteiger partial charge in [-0.05, 0) is 24.1 Å². The van der Waals surface area contributed by atoms with E-state index in [0.29, 0.717) is 13.2 Å². The number of amides is 2. The van der Waals surface area contributed by atoms with Gasteiger partial charge in [-0.15, -0.1) is 0 Å². The van der Waals surface area contributed by atoms with Gasteiger partial charge in [-0.1, -0.05) is 12.1 Å². The molecule has 24 heavy (non-hydrogen) atoms. The number of hydrogen-bond donors (Lipinski definition) is 2. The molecule has 2 N–H and O–H groups in total. The minimum atomic E-state index is -2.88. The van der Waals surface area contributed by atoms with Crippen molar-refractivity contribution >= 4 is 11.8 Å². The van der Waals surface area contributed by atoms with Crippen molar-refractivity contribution in [1.29, 1.82) is 0 Å². The van der Waals surface area contributed by atoms with E-state index in [1.165, 1.54) is 12.1 Å². The molecule has 1 aromatic carbocycles. The zero-order valence-corrected chi connectivity index (χ0v) is 12.8. The molecule has 130 valence electrons. The highest BCUT2D eigenvalue weighted by atomic mass is 19.3. The third-order valence-corrected chi connectivity index (χ3v) is 4.24. The van der Waals surface area contributed by atoms with Gasteiger partial charge in [0.2, 0.25) is 11.8 Å². The number of rotatable bonds is 5. The Morgan fingerprint density at radius 3 is 2.54 bits per heavy atom. The summed E-state index contributed by atoms with van der Waals surface area (Å²) in [5.74, 6) is -0.417. The van der Waals surface area contributed by atoms with E-state index in [1.807, 2.05) is 0 Å². The van der Waals surface area contributed by atoms with E-state index < -0.39 is 18.7 Å². The van der Waals surface area contributed by atoms with Gasteiger partial charge in [-0.2, -0.15) is 8.78 Å². The molecule has 3 rings (SSSR count). The Balaban J connectivity index is 1.59. The molecular formula is C16H18F2N2O4. The zero-order chi connectivity index (χ0) is 17.1. The lowest BCUT2D eigenvalue weighted by molar-refractivity contribution is -0.138. The maximum absolute atomic E-state index is 12.2. The maximum atomic E-state index is 12.2. The Morgan fingerprint density at radius 1 is 1.17 bits per heavy atom. The Labute approximate surface area is 137 Å². The molecule has 2 saturated heterocycles. The van der Waals surface area contributed by atoms with Gasteiger partial charge < -0.3 is 20.1 Å². The molecule has 0 spiro atoms. The Hall–Kier alpha value is -2.22. The number of carbonyl (C=O) groups is 2. The number of nitrogens with one attached hydrogen (secondary N) is 2. The molecule has 0 aromatic heterocycles. The van der Waals surface area contributed by atoms with Gasteiger partial charge in [0.25, 0.3) is 0 Å². The standard InChI is InChI=1S/C16H18F2N2O4/c17-16(18)24-11-3-1-9(2-4-11)7-12-14(21)20-13(15(22)19-12)10-5-6-23-8-10/h1-4,10,12-13,16H,5-8H2,(H,19,22)(H,20,21). The normalized spacial score (nSPS) is 27.0. The van der Waals surface area contributed by atoms with Crippen LogP contribution in [0, 0.1) is 5.92 Å². The van der Waals surface area contributed by atoms with Gasteiger partial charge in [0.05, 0.1) is 6.61 Å². The molecule has 0 saturated carbocycles. The molecule has 2 fully saturated rings. The third kappa shape index (κ3) is 3.81. The monoisotopic (exact) mass is 340 g/mol. The maximum Gasteiger partial charge on any atom is 0.387 e. The van der Waals surface area contributed by atoms with Gasteiger partial charge >= 0.3 is 6.61 Å². The summed E-state index contributed by atoms with van der Waals surface area (Å²) in [5.41, 5.74) is 0.736. The van der Waals surface area contributed by atoms with Crippen molar-refractivity contribution in [2.45, 2.75) is 31.5 Å². The Bertz CT molecular complexity index is 603. The molecule has 0 aliphatic carbocycles. The quantitative estimate of drug-likeness (QED) is 0.833. The van der Waals surface area contributed by atoms with E-state index in [-0.39, 0.29) is 29.9 Å². The lowest BCUT2D eigenvalue weighted by Crippen LogP contribution is -2.64. The first kappa shape index (κ1) is 16.6. The van der Waals surface area contributed by atoms with Crippen molar-refractivity contribution in [3.63, 3.8) is 0 Å². The SMILES string of the molecule is O=C1NC(C2CCOC2)C(=O)NC1Cc1ccc(OC(F)F)cc1. The van der Waals surface area contributed by atoms with Gasteiger partial charge in [-0.25, -0.2) is 0 Å². The van der Waals surface area contributed by atoms with Crippen LogP contribution in [0.2, 0.25) is 0 Å². The van der Waals surface area contributed by atoms with Crippen molar-refractivity contribution in [3.8, 4) is 5.75 Å². The second-order valence-corrected chi connectivity index (χ2v) is 5.90. The van der Waals surface area contributed by atoms with Crippen molar-refractivity contribution in [3.05, 3.63) is 29.8 Å². The lowest BCUT2D eigenvalue weighted by Gasteiger charge is -2.32. The number of alkyl halides is 2. The summed E-state index contributed by atoms with van der Waals surface area (Å²) < 4.78 is 33.8. The molecule has 3 atom stereocenters. The van der Waals surface area contributed by atoms with E-state index in [9.17, 15) is 18.4 Å². The highest BCUT2D eigenvalue weighted by molar-refractivity contribution is 5.97. The number of ether oxygens (including phenoxy) is 2. The predicted octanol–water partition coefficient (Wildman–Crippen LogP) is 0.850. The van der Waals surface area contributed by atoms with Gasteiger partial charge in [0.15, 0.2) is 0 Å². The Kier molecular flexibility index (Phi) is 4.94. The van der Waals surface area contributed by atoms with E-state index in [4.69, 9.17) is 4.74 Å². The summed E-state index contributed by atoms with van der Waals surface area (Å²) in [6, 6.07) is 4.75. The van der Waals surface area contributed by atoms with Gasteiger partial charge in [-0.3, -0.25) is 9.59 Å². The number of carbonyl (C=O) groups excluding carboxylic acids is 2. The molecule has 2 aliphatic heterocycles. The molecular weight excluding hydrogens is 322 g/mol. The van der Waals surface area contributed by atoms with Gasteiger partial charge in [0.1, 0.15) is 17.8 Å². The highest BCUT2D eigenvalue weighted by Crippen LogP contribution is 2.20. The van der Waals surface area contributed by atoms with Crippen LogP contribution in [0.1, 0.15) is 12.0 Å². The van der Waals surface area contributed by atoms with Gasteiger partial charge in [0, 0.05) is 18.9 Å². The summed E-state index contributed by atoms with van der Waals surface area (Å²) in [6.07, 6.45) is 1.02. The van der Waals surface area contributed by atoms with Crippen molar-refractivity contribution in [2.24, 2.45) is 5.92 Å². The number of benzene rings is 1. The van der Waals surface area contributed by atoms with Crippen LogP contribution in [0.25, 0.3) is 0 Å². The van der Waals surface area contributed by atoms with Crippen LogP contribution in [0.3, 0.4) is 0 Å². The molecule has 0 radical (unpaired) electrons. The molecule has 0 bridgehead atoms. The van der Waals surface area contributed by atoms with E-state index >= 15 is 0 Å². The van der Waals surface area contributed by atoms with E-state index in [2.05, 4.69) is 15.4 Å². The van der Waals surface area contributed by atoms with Crippen molar-refractivity contribution in [2.75, 3.05) is 13.2 Å². The Morgan fingerprint density at radius 2 is 1.92 bits per heavy atom. The molecule has 8 heteroatoms. The average molecular weight is 340 g/mol. The highest BCUT2D eigenvalue weighted by Gasteiger charge is 2.39. The van der Waals surface area contributed by atoms with Crippen LogP contribution in [-0.4, -0.2) is 43.7 Å². The van der Waals surface area contributed by atoms with E-state index in [0.717, 1.165) is 12.0 Å². The van der Waals surface area contributed by atoms with E-state index in [1.54, 1.807) is 12.1 Å². The summed E-state index contributed by atoms with van der Waals surface area (Å²) in [7, 11) is 0. The summed E-state index contributed by atoms with van der Waals surface area (Å²) in [4.78, 5) is 24.5. The first-order valence-corrected chi connectivity index (χ1v) is 7.75. The molecule has 3 unspecified atom stereocenters. The number of halogens is 2. The molecule has 6 nitrogen and oxygen atoms in total.